The molecule has 0 radical (unpaired) electrons. The van der Waals surface area contributed by atoms with Crippen LogP contribution in [0.15, 0.2) is 12.7 Å². The van der Waals surface area contributed by atoms with Crippen LogP contribution in [0.3, 0.4) is 0 Å². The maximum atomic E-state index is 9.11. The van der Waals surface area contributed by atoms with E-state index in [1.165, 1.54) is 0 Å². The van der Waals surface area contributed by atoms with Crippen LogP contribution in [-0.2, 0) is 0 Å². The van der Waals surface area contributed by atoms with E-state index < -0.39 is 0 Å². The molecule has 0 atom stereocenters. The van der Waals surface area contributed by atoms with Crippen molar-refractivity contribution in [1.29, 1.82) is 5.26 Å². The molecule has 0 unspecified atom stereocenters. The smallest absolute Gasteiger partial charge is 0.107 e. The number of nitrogens with one attached hydrogen (secondary N) is 1. The van der Waals surface area contributed by atoms with Gasteiger partial charge in [0.05, 0.1) is 6.07 Å². The van der Waals surface area contributed by atoms with E-state index in [0.29, 0.717) is 0 Å². The van der Waals surface area contributed by atoms with E-state index in [9.17, 15) is 0 Å². The SMILES string of the molecule is C=CCNC1(C#N)CCC(C)CC1. The highest BCUT2D eigenvalue weighted by Gasteiger charge is 2.33. The molecule has 0 aromatic heterocycles. The first-order valence-electron chi connectivity index (χ1n) is 4.99. The summed E-state index contributed by atoms with van der Waals surface area (Å²) >= 11 is 0. The Hall–Kier alpha value is -0.810. The molecule has 2 heteroatoms. The second-order valence-corrected chi connectivity index (χ2v) is 4.05. The van der Waals surface area contributed by atoms with Crippen LogP contribution in [0.5, 0.6) is 0 Å². The lowest BCUT2D eigenvalue weighted by atomic mass is 9.78. The van der Waals surface area contributed by atoms with Gasteiger partial charge in [-0.15, -0.1) is 6.58 Å². The van der Waals surface area contributed by atoms with E-state index in [0.717, 1.165) is 38.1 Å². The topological polar surface area (TPSA) is 35.8 Å². The van der Waals surface area contributed by atoms with Gasteiger partial charge in [0.25, 0.3) is 0 Å². The van der Waals surface area contributed by atoms with Gasteiger partial charge < -0.3 is 0 Å². The Bertz CT molecular complexity index is 207. The maximum absolute atomic E-state index is 9.11. The summed E-state index contributed by atoms with van der Waals surface area (Å²) in [5.74, 6) is 0.784. The highest BCUT2D eigenvalue weighted by atomic mass is 15.0. The van der Waals surface area contributed by atoms with Gasteiger partial charge in [0, 0.05) is 6.54 Å². The van der Waals surface area contributed by atoms with Gasteiger partial charge in [0.15, 0.2) is 0 Å². The lowest BCUT2D eigenvalue weighted by molar-refractivity contribution is 0.256. The molecule has 0 saturated heterocycles. The minimum Gasteiger partial charge on any atom is -0.296 e. The van der Waals surface area contributed by atoms with Crippen LogP contribution < -0.4 is 5.32 Å². The van der Waals surface area contributed by atoms with Crippen molar-refractivity contribution in [3.05, 3.63) is 12.7 Å². The van der Waals surface area contributed by atoms with Crippen molar-refractivity contribution in [2.75, 3.05) is 6.54 Å². The molecule has 0 heterocycles. The second-order valence-electron chi connectivity index (χ2n) is 4.05. The van der Waals surface area contributed by atoms with Crippen molar-refractivity contribution in [3.63, 3.8) is 0 Å². The Labute approximate surface area is 80.6 Å². The summed E-state index contributed by atoms with van der Waals surface area (Å²) in [6, 6.07) is 2.41. The fourth-order valence-corrected chi connectivity index (χ4v) is 1.85. The summed E-state index contributed by atoms with van der Waals surface area (Å²) in [4.78, 5) is 0. The van der Waals surface area contributed by atoms with Gasteiger partial charge in [-0.05, 0) is 31.6 Å². The molecule has 1 aliphatic carbocycles. The minimum atomic E-state index is -0.263. The number of hydrogen-bond acceptors (Lipinski definition) is 2. The van der Waals surface area contributed by atoms with Gasteiger partial charge in [-0.2, -0.15) is 5.26 Å². The molecule has 72 valence electrons. The largest absolute Gasteiger partial charge is 0.296 e. The van der Waals surface area contributed by atoms with Crippen molar-refractivity contribution in [2.24, 2.45) is 5.92 Å². The molecular weight excluding hydrogens is 160 g/mol. The fourth-order valence-electron chi connectivity index (χ4n) is 1.85. The van der Waals surface area contributed by atoms with E-state index in [-0.39, 0.29) is 5.54 Å². The molecule has 0 aromatic carbocycles. The van der Waals surface area contributed by atoms with Crippen LogP contribution >= 0.6 is 0 Å². The normalized spacial score (nSPS) is 33.7. The third-order valence-corrected chi connectivity index (χ3v) is 2.93. The summed E-state index contributed by atoms with van der Waals surface area (Å²) in [5.41, 5.74) is -0.263. The monoisotopic (exact) mass is 178 g/mol. The molecule has 2 nitrogen and oxygen atoms in total. The number of rotatable bonds is 3. The van der Waals surface area contributed by atoms with Crippen LogP contribution in [0.2, 0.25) is 0 Å². The van der Waals surface area contributed by atoms with Crippen LogP contribution in [0.25, 0.3) is 0 Å². The first-order chi connectivity index (χ1) is 6.22. The molecular formula is C11H18N2. The quantitative estimate of drug-likeness (QED) is 0.673. The summed E-state index contributed by atoms with van der Waals surface area (Å²) in [7, 11) is 0. The second kappa shape index (κ2) is 4.43. The zero-order valence-electron chi connectivity index (χ0n) is 8.34. The first-order valence-corrected chi connectivity index (χ1v) is 4.99. The molecule has 1 fully saturated rings. The molecule has 1 aliphatic rings. The molecule has 0 amide bonds. The average molecular weight is 178 g/mol. The van der Waals surface area contributed by atoms with E-state index in [1.54, 1.807) is 0 Å². The Morgan fingerprint density at radius 2 is 2.23 bits per heavy atom. The van der Waals surface area contributed by atoms with Crippen LogP contribution in [0, 0.1) is 17.2 Å². The fraction of sp³-hybridized carbons (Fsp3) is 0.727. The van der Waals surface area contributed by atoms with Gasteiger partial charge in [-0.3, -0.25) is 5.32 Å². The molecule has 13 heavy (non-hydrogen) atoms. The summed E-state index contributed by atoms with van der Waals surface area (Å²) in [6.45, 7) is 6.65. The molecule has 0 aromatic rings. The van der Waals surface area contributed by atoms with Crippen molar-refractivity contribution in [1.82, 2.24) is 5.32 Å². The standard InChI is InChI=1S/C11H18N2/c1-3-8-13-11(9-12)6-4-10(2)5-7-11/h3,10,13H,1,4-8H2,2H3. The predicted molar refractivity (Wildman–Crippen MR) is 54.2 cm³/mol. The van der Waals surface area contributed by atoms with Gasteiger partial charge in [-0.1, -0.05) is 13.0 Å². The molecule has 0 aliphatic heterocycles. The summed E-state index contributed by atoms with van der Waals surface area (Å²) in [6.07, 6.45) is 6.11. The lowest BCUT2D eigenvalue weighted by Crippen LogP contribution is -2.46. The summed E-state index contributed by atoms with van der Waals surface area (Å²) < 4.78 is 0. The third-order valence-electron chi connectivity index (χ3n) is 2.93. The van der Waals surface area contributed by atoms with E-state index in [2.05, 4.69) is 24.9 Å². The van der Waals surface area contributed by atoms with Crippen LogP contribution in [-0.4, -0.2) is 12.1 Å². The van der Waals surface area contributed by atoms with Crippen molar-refractivity contribution >= 4 is 0 Å². The zero-order valence-corrected chi connectivity index (χ0v) is 8.34. The van der Waals surface area contributed by atoms with Gasteiger partial charge in [0.1, 0.15) is 5.54 Å². The van der Waals surface area contributed by atoms with Crippen LogP contribution in [0.4, 0.5) is 0 Å². The van der Waals surface area contributed by atoms with Gasteiger partial charge in [0.2, 0.25) is 0 Å². The van der Waals surface area contributed by atoms with Gasteiger partial charge in [-0.25, -0.2) is 0 Å². The zero-order chi connectivity index (χ0) is 9.73. The summed E-state index contributed by atoms with van der Waals surface area (Å²) in [5, 5.41) is 12.4. The first kappa shape index (κ1) is 10.3. The van der Waals surface area contributed by atoms with E-state index >= 15 is 0 Å². The Morgan fingerprint density at radius 1 is 1.62 bits per heavy atom. The molecule has 0 bridgehead atoms. The van der Waals surface area contributed by atoms with E-state index in [4.69, 9.17) is 5.26 Å². The Morgan fingerprint density at radius 3 is 2.69 bits per heavy atom. The van der Waals surface area contributed by atoms with Crippen molar-refractivity contribution in [3.8, 4) is 6.07 Å². The van der Waals surface area contributed by atoms with Crippen molar-refractivity contribution < 1.29 is 0 Å². The van der Waals surface area contributed by atoms with E-state index in [1.807, 2.05) is 6.08 Å². The number of nitrogens with zero attached hydrogens (tertiary/aromatic N) is 1. The third kappa shape index (κ3) is 2.57. The van der Waals surface area contributed by atoms with Crippen molar-refractivity contribution in [2.45, 2.75) is 38.1 Å². The number of hydrogen-bond donors (Lipinski definition) is 1. The van der Waals surface area contributed by atoms with Gasteiger partial charge >= 0.3 is 0 Å². The minimum absolute atomic E-state index is 0.263. The Kier molecular flexibility index (Phi) is 3.50. The maximum Gasteiger partial charge on any atom is 0.107 e. The van der Waals surface area contributed by atoms with Crippen LogP contribution in [0.1, 0.15) is 32.6 Å². The molecule has 1 saturated carbocycles. The molecule has 0 spiro atoms. The predicted octanol–water partition coefficient (Wildman–Crippen LogP) is 2.23. The lowest BCUT2D eigenvalue weighted by Gasteiger charge is -2.34. The number of nitriles is 1. The molecule has 1 N–H and O–H groups in total. The Balaban J connectivity index is 2.51. The highest BCUT2D eigenvalue weighted by Crippen LogP contribution is 2.31. The highest BCUT2D eigenvalue weighted by molar-refractivity contribution is 5.09. The molecule has 1 rings (SSSR count). The average Bonchev–Trinajstić information content (AvgIpc) is 2.18.